The Labute approximate surface area is 159 Å². The third-order valence-corrected chi connectivity index (χ3v) is 3.85. The van der Waals surface area contributed by atoms with Gasteiger partial charge < -0.3 is 15.4 Å². The van der Waals surface area contributed by atoms with Crippen molar-refractivity contribution >= 4 is 29.0 Å². The molecule has 0 aliphatic rings. The largest absolute Gasteiger partial charge is 0.487 e. The van der Waals surface area contributed by atoms with Gasteiger partial charge in [-0.05, 0) is 42.0 Å². The van der Waals surface area contributed by atoms with Crippen LogP contribution in [0.25, 0.3) is 0 Å². The number of rotatable bonds is 5. The number of hydrogen-bond acceptors (Lipinski definition) is 2. The average molecular weight is 389 g/mol. The molecule has 3 aromatic carbocycles. The van der Waals surface area contributed by atoms with E-state index in [2.05, 4.69) is 10.6 Å². The van der Waals surface area contributed by atoms with E-state index in [4.69, 9.17) is 16.3 Å². The van der Waals surface area contributed by atoms with Gasteiger partial charge in [0.25, 0.3) is 0 Å². The van der Waals surface area contributed by atoms with Crippen LogP contribution in [0.2, 0.25) is 5.02 Å². The predicted octanol–water partition coefficient (Wildman–Crippen LogP) is 5.84. The Kier molecular flexibility index (Phi) is 5.88. The zero-order valence-corrected chi connectivity index (χ0v) is 14.8. The van der Waals surface area contributed by atoms with Crippen LogP contribution < -0.4 is 15.4 Å². The molecule has 2 N–H and O–H groups in total. The van der Waals surface area contributed by atoms with Gasteiger partial charge in [-0.3, -0.25) is 0 Å². The number of nitrogens with one attached hydrogen (secondary N) is 2. The van der Waals surface area contributed by atoms with Gasteiger partial charge in [-0.25, -0.2) is 13.6 Å². The highest BCUT2D eigenvalue weighted by Gasteiger charge is 2.07. The van der Waals surface area contributed by atoms with Crippen LogP contribution in [-0.2, 0) is 6.61 Å². The molecule has 0 aromatic heterocycles. The number of amides is 2. The number of carbonyl (C=O) groups is 1. The van der Waals surface area contributed by atoms with E-state index < -0.39 is 17.7 Å². The van der Waals surface area contributed by atoms with E-state index in [1.165, 1.54) is 0 Å². The van der Waals surface area contributed by atoms with Crippen molar-refractivity contribution in [1.82, 2.24) is 0 Å². The van der Waals surface area contributed by atoms with Crippen LogP contribution in [0.1, 0.15) is 5.56 Å². The van der Waals surface area contributed by atoms with Gasteiger partial charge in [-0.15, -0.1) is 0 Å². The Morgan fingerprint density at radius 3 is 2.33 bits per heavy atom. The van der Waals surface area contributed by atoms with Crippen LogP contribution >= 0.6 is 11.6 Å². The Bertz CT molecular complexity index is 946. The minimum Gasteiger partial charge on any atom is -0.487 e. The van der Waals surface area contributed by atoms with Gasteiger partial charge >= 0.3 is 6.03 Å². The molecule has 0 saturated heterocycles. The van der Waals surface area contributed by atoms with Gasteiger partial charge in [0.2, 0.25) is 0 Å². The quantitative estimate of drug-likeness (QED) is 0.576. The minimum absolute atomic E-state index is 0.0169. The average Bonchev–Trinajstić information content (AvgIpc) is 2.60. The maximum absolute atomic E-state index is 13.2. The monoisotopic (exact) mass is 388 g/mol. The summed E-state index contributed by atoms with van der Waals surface area (Å²) < 4.78 is 32.0. The highest BCUT2D eigenvalue weighted by Crippen LogP contribution is 2.24. The molecule has 3 aromatic rings. The zero-order chi connectivity index (χ0) is 19.2. The number of anilines is 2. The van der Waals surface area contributed by atoms with Crippen LogP contribution in [0.4, 0.5) is 25.0 Å². The van der Waals surface area contributed by atoms with Crippen molar-refractivity contribution in [3.8, 4) is 5.75 Å². The van der Waals surface area contributed by atoms with Crippen molar-refractivity contribution in [3.05, 3.63) is 89.0 Å². The Morgan fingerprint density at radius 2 is 1.59 bits per heavy atom. The lowest BCUT2D eigenvalue weighted by atomic mass is 10.2. The molecule has 0 atom stereocenters. The summed E-state index contributed by atoms with van der Waals surface area (Å²) in [6.45, 7) is 0.260. The number of benzene rings is 3. The fourth-order valence-electron chi connectivity index (χ4n) is 2.38. The molecule has 0 heterocycles. The number of ether oxygens (including phenoxy) is 1. The molecule has 0 aliphatic carbocycles. The van der Waals surface area contributed by atoms with Crippen molar-refractivity contribution in [2.24, 2.45) is 0 Å². The molecular formula is C20H15ClF2N2O2. The van der Waals surface area contributed by atoms with E-state index in [1.807, 2.05) is 18.2 Å². The Hall–Kier alpha value is -3.12. The second-order valence-electron chi connectivity index (χ2n) is 5.66. The normalized spacial score (nSPS) is 10.3. The molecule has 0 fully saturated rings. The maximum atomic E-state index is 13.2. The highest BCUT2D eigenvalue weighted by atomic mass is 35.5. The van der Waals surface area contributed by atoms with Crippen molar-refractivity contribution in [3.63, 3.8) is 0 Å². The minimum atomic E-state index is -0.774. The summed E-state index contributed by atoms with van der Waals surface area (Å²) in [6.07, 6.45) is 0. The number of halogens is 3. The first-order valence-electron chi connectivity index (χ1n) is 8.00. The molecule has 2 amide bonds. The predicted molar refractivity (Wildman–Crippen MR) is 101 cm³/mol. The molecule has 7 heteroatoms. The standard InChI is InChI=1S/C20H15ClF2N2O2/c21-18-6-1-2-7-19(18)27-12-13-4-3-5-16(8-13)24-20(26)25-17-10-14(22)9-15(23)11-17/h1-11H,12H2,(H2,24,25,26). The van der Waals surface area contributed by atoms with E-state index in [0.717, 1.165) is 23.8 Å². The molecular weight excluding hydrogens is 374 g/mol. The Balaban J connectivity index is 1.61. The molecule has 138 valence electrons. The number of hydrogen-bond donors (Lipinski definition) is 2. The molecule has 0 spiro atoms. The van der Waals surface area contributed by atoms with Crippen molar-refractivity contribution < 1.29 is 18.3 Å². The number of urea groups is 1. The SMILES string of the molecule is O=C(Nc1cc(F)cc(F)c1)Nc1cccc(COc2ccccc2Cl)c1. The van der Waals surface area contributed by atoms with Crippen LogP contribution in [0.15, 0.2) is 66.7 Å². The first-order valence-corrected chi connectivity index (χ1v) is 8.38. The van der Waals surface area contributed by atoms with Gasteiger partial charge in [0.05, 0.1) is 5.02 Å². The summed E-state index contributed by atoms with van der Waals surface area (Å²) in [7, 11) is 0. The van der Waals surface area contributed by atoms with Crippen LogP contribution in [0.3, 0.4) is 0 Å². The second kappa shape index (κ2) is 8.51. The van der Waals surface area contributed by atoms with Gasteiger partial charge in [0.15, 0.2) is 0 Å². The van der Waals surface area contributed by atoms with Gasteiger partial charge in [-0.1, -0.05) is 35.9 Å². The first kappa shape index (κ1) is 18.7. The fourth-order valence-corrected chi connectivity index (χ4v) is 2.57. The van der Waals surface area contributed by atoms with Crippen molar-refractivity contribution in [2.75, 3.05) is 10.6 Å². The van der Waals surface area contributed by atoms with E-state index >= 15 is 0 Å². The molecule has 27 heavy (non-hydrogen) atoms. The highest BCUT2D eigenvalue weighted by molar-refractivity contribution is 6.32. The molecule has 0 saturated carbocycles. The van der Waals surface area contributed by atoms with Crippen LogP contribution in [0.5, 0.6) is 5.75 Å². The van der Waals surface area contributed by atoms with E-state index in [0.29, 0.717) is 16.5 Å². The topological polar surface area (TPSA) is 50.4 Å². The first-order chi connectivity index (χ1) is 13.0. The second-order valence-corrected chi connectivity index (χ2v) is 6.06. The molecule has 0 radical (unpaired) electrons. The van der Waals surface area contributed by atoms with Crippen molar-refractivity contribution in [1.29, 1.82) is 0 Å². The lowest BCUT2D eigenvalue weighted by Gasteiger charge is -2.11. The zero-order valence-electron chi connectivity index (χ0n) is 14.0. The summed E-state index contributed by atoms with van der Waals surface area (Å²) in [5.41, 5.74) is 1.33. The summed E-state index contributed by atoms with van der Waals surface area (Å²) in [6, 6.07) is 16.3. The van der Waals surface area contributed by atoms with Crippen LogP contribution in [-0.4, -0.2) is 6.03 Å². The lowest BCUT2D eigenvalue weighted by molar-refractivity contribution is 0.262. The Morgan fingerprint density at radius 1 is 0.889 bits per heavy atom. The molecule has 0 aliphatic heterocycles. The third-order valence-electron chi connectivity index (χ3n) is 3.54. The van der Waals surface area contributed by atoms with Gasteiger partial charge in [0.1, 0.15) is 24.0 Å². The summed E-state index contributed by atoms with van der Waals surface area (Å²) in [5, 5.41) is 5.49. The van der Waals surface area contributed by atoms with Gasteiger partial charge in [0, 0.05) is 17.4 Å². The fraction of sp³-hybridized carbons (Fsp3) is 0.0500. The molecule has 0 bridgehead atoms. The van der Waals surface area contributed by atoms with E-state index in [-0.39, 0.29) is 12.3 Å². The third kappa shape index (κ3) is 5.43. The van der Waals surface area contributed by atoms with Gasteiger partial charge in [-0.2, -0.15) is 0 Å². The van der Waals surface area contributed by atoms with Crippen LogP contribution in [0, 0.1) is 11.6 Å². The summed E-state index contributed by atoms with van der Waals surface area (Å²) in [4.78, 5) is 12.0. The number of carbonyl (C=O) groups excluding carboxylic acids is 1. The molecule has 0 unspecified atom stereocenters. The lowest BCUT2D eigenvalue weighted by Crippen LogP contribution is -2.19. The smallest absolute Gasteiger partial charge is 0.323 e. The van der Waals surface area contributed by atoms with Crippen molar-refractivity contribution in [2.45, 2.75) is 6.61 Å². The molecule has 3 rings (SSSR count). The van der Waals surface area contributed by atoms with E-state index in [1.54, 1.807) is 30.3 Å². The number of para-hydroxylation sites is 1. The summed E-state index contributed by atoms with van der Waals surface area (Å²) in [5.74, 6) is -0.989. The summed E-state index contributed by atoms with van der Waals surface area (Å²) >= 11 is 6.05. The van der Waals surface area contributed by atoms with E-state index in [9.17, 15) is 13.6 Å². The maximum Gasteiger partial charge on any atom is 0.323 e. The molecule has 4 nitrogen and oxygen atoms in total.